The third-order valence-electron chi connectivity index (χ3n) is 3.25. The highest BCUT2D eigenvalue weighted by Gasteiger charge is 2.22. The average molecular weight is 259 g/mol. The SMILES string of the molecule is O=C(O)c1cn(CC2CCOc3ccccc32)nn1. The molecule has 1 aromatic heterocycles. The van der Waals surface area contributed by atoms with Crippen LogP contribution in [-0.2, 0) is 6.54 Å². The van der Waals surface area contributed by atoms with Gasteiger partial charge in [0.1, 0.15) is 5.75 Å². The fourth-order valence-electron chi connectivity index (χ4n) is 2.32. The number of rotatable bonds is 3. The van der Waals surface area contributed by atoms with Crippen molar-refractivity contribution in [2.24, 2.45) is 0 Å². The van der Waals surface area contributed by atoms with E-state index in [2.05, 4.69) is 10.3 Å². The van der Waals surface area contributed by atoms with Crippen molar-refractivity contribution in [3.63, 3.8) is 0 Å². The van der Waals surface area contributed by atoms with Crippen LogP contribution in [-0.4, -0.2) is 32.7 Å². The standard InChI is InChI=1S/C13H13N3O3/c17-13(18)11-8-16(15-14-11)7-9-5-6-19-12-4-2-1-3-10(9)12/h1-4,8-9H,5-7H2,(H,17,18). The Hall–Kier alpha value is -2.37. The van der Waals surface area contributed by atoms with Crippen molar-refractivity contribution in [1.29, 1.82) is 0 Å². The van der Waals surface area contributed by atoms with Gasteiger partial charge >= 0.3 is 5.97 Å². The van der Waals surface area contributed by atoms with Crippen LogP contribution < -0.4 is 4.74 Å². The zero-order valence-electron chi connectivity index (χ0n) is 10.2. The van der Waals surface area contributed by atoms with Crippen molar-refractivity contribution in [2.75, 3.05) is 6.61 Å². The number of nitrogens with zero attached hydrogens (tertiary/aromatic N) is 3. The minimum absolute atomic E-state index is 0.0275. The monoisotopic (exact) mass is 259 g/mol. The van der Waals surface area contributed by atoms with Gasteiger partial charge in [-0.15, -0.1) is 5.10 Å². The van der Waals surface area contributed by atoms with E-state index < -0.39 is 5.97 Å². The molecule has 1 atom stereocenters. The largest absolute Gasteiger partial charge is 0.493 e. The first-order valence-corrected chi connectivity index (χ1v) is 6.09. The van der Waals surface area contributed by atoms with E-state index >= 15 is 0 Å². The van der Waals surface area contributed by atoms with Crippen LogP contribution in [0.4, 0.5) is 0 Å². The highest BCUT2D eigenvalue weighted by Crippen LogP contribution is 2.34. The molecular weight excluding hydrogens is 246 g/mol. The molecule has 0 bridgehead atoms. The normalized spacial score (nSPS) is 17.6. The summed E-state index contributed by atoms with van der Waals surface area (Å²) in [6, 6.07) is 7.91. The van der Waals surface area contributed by atoms with Crippen LogP contribution in [0.1, 0.15) is 28.4 Å². The highest BCUT2D eigenvalue weighted by atomic mass is 16.5. The second-order valence-corrected chi connectivity index (χ2v) is 4.50. The molecule has 0 aliphatic carbocycles. The topological polar surface area (TPSA) is 77.2 Å². The summed E-state index contributed by atoms with van der Waals surface area (Å²) in [5, 5.41) is 16.3. The Kier molecular flexibility index (Phi) is 2.91. The third kappa shape index (κ3) is 2.29. The number of ether oxygens (including phenoxy) is 1. The number of benzene rings is 1. The first-order chi connectivity index (χ1) is 9.24. The van der Waals surface area contributed by atoms with Gasteiger partial charge in [-0.2, -0.15) is 0 Å². The van der Waals surface area contributed by atoms with Crippen LogP contribution in [0.2, 0.25) is 0 Å². The van der Waals surface area contributed by atoms with E-state index in [1.54, 1.807) is 4.68 Å². The molecule has 0 amide bonds. The number of carboxylic acid groups (broad SMARTS) is 1. The van der Waals surface area contributed by atoms with E-state index in [1.807, 2.05) is 24.3 Å². The number of carbonyl (C=O) groups is 1. The van der Waals surface area contributed by atoms with Crippen molar-refractivity contribution in [3.05, 3.63) is 41.7 Å². The maximum absolute atomic E-state index is 10.8. The number of aromatic carboxylic acids is 1. The number of hydrogen-bond acceptors (Lipinski definition) is 4. The summed E-state index contributed by atoms with van der Waals surface area (Å²) in [5.74, 6) is 0.115. The Bertz CT molecular complexity index is 609. The molecule has 1 N–H and O–H groups in total. The van der Waals surface area contributed by atoms with Gasteiger partial charge in [-0.1, -0.05) is 23.4 Å². The predicted molar refractivity (Wildman–Crippen MR) is 66.3 cm³/mol. The van der Waals surface area contributed by atoms with Gasteiger partial charge in [-0.3, -0.25) is 4.68 Å². The first kappa shape index (κ1) is 11.7. The fourth-order valence-corrected chi connectivity index (χ4v) is 2.32. The van der Waals surface area contributed by atoms with Gasteiger partial charge in [0.15, 0.2) is 5.69 Å². The molecule has 98 valence electrons. The summed E-state index contributed by atoms with van der Waals surface area (Å²) >= 11 is 0. The van der Waals surface area contributed by atoms with E-state index in [0.717, 1.165) is 17.7 Å². The van der Waals surface area contributed by atoms with Crippen LogP contribution in [0.15, 0.2) is 30.5 Å². The maximum Gasteiger partial charge on any atom is 0.358 e. The van der Waals surface area contributed by atoms with Crippen LogP contribution in [0, 0.1) is 0 Å². The molecule has 1 aromatic carbocycles. The summed E-state index contributed by atoms with van der Waals surface area (Å²) in [6.07, 6.45) is 2.35. The van der Waals surface area contributed by atoms with Crippen LogP contribution in [0.3, 0.4) is 0 Å². The van der Waals surface area contributed by atoms with Crippen molar-refractivity contribution in [2.45, 2.75) is 18.9 Å². The Balaban J connectivity index is 1.82. The Morgan fingerprint density at radius 1 is 1.47 bits per heavy atom. The predicted octanol–water partition coefficient (Wildman–Crippen LogP) is 1.54. The second-order valence-electron chi connectivity index (χ2n) is 4.50. The van der Waals surface area contributed by atoms with E-state index in [0.29, 0.717) is 13.2 Å². The lowest BCUT2D eigenvalue weighted by molar-refractivity contribution is 0.0690. The summed E-state index contributed by atoms with van der Waals surface area (Å²) in [6.45, 7) is 1.28. The van der Waals surface area contributed by atoms with E-state index in [4.69, 9.17) is 9.84 Å². The zero-order valence-corrected chi connectivity index (χ0v) is 10.2. The van der Waals surface area contributed by atoms with Crippen molar-refractivity contribution < 1.29 is 14.6 Å². The number of carboxylic acids is 1. The van der Waals surface area contributed by atoms with Crippen molar-refractivity contribution >= 4 is 5.97 Å². The molecule has 0 saturated heterocycles. The number of para-hydroxylation sites is 1. The van der Waals surface area contributed by atoms with Gasteiger partial charge in [0.2, 0.25) is 0 Å². The Morgan fingerprint density at radius 3 is 3.11 bits per heavy atom. The van der Waals surface area contributed by atoms with Gasteiger partial charge in [-0.05, 0) is 18.1 Å². The van der Waals surface area contributed by atoms with E-state index in [9.17, 15) is 4.79 Å². The lowest BCUT2D eigenvalue weighted by Gasteiger charge is -2.25. The molecule has 6 nitrogen and oxygen atoms in total. The second kappa shape index (κ2) is 4.72. The molecule has 0 saturated carbocycles. The smallest absolute Gasteiger partial charge is 0.358 e. The first-order valence-electron chi connectivity index (χ1n) is 6.09. The Morgan fingerprint density at radius 2 is 2.32 bits per heavy atom. The molecule has 0 radical (unpaired) electrons. The van der Waals surface area contributed by atoms with Gasteiger partial charge in [0, 0.05) is 12.5 Å². The van der Waals surface area contributed by atoms with Crippen LogP contribution in [0.25, 0.3) is 0 Å². The minimum Gasteiger partial charge on any atom is -0.493 e. The van der Waals surface area contributed by atoms with Gasteiger partial charge < -0.3 is 9.84 Å². The fraction of sp³-hybridized carbons (Fsp3) is 0.308. The molecule has 0 fully saturated rings. The number of hydrogen-bond donors (Lipinski definition) is 1. The molecule has 1 aliphatic rings. The van der Waals surface area contributed by atoms with Gasteiger partial charge in [0.05, 0.1) is 12.8 Å². The third-order valence-corrected chi connectivity index (χ3v) is 3.25. The number of fused-ring (bicyclic) bond motifs is 1. The zero-order chi connectivity index (χ0) is 13.2. The molecule has 0 spiro atoms. The summed E-state index contributed by atoms with van der Waals surface area (Å²) < 4.78 is 7.18. The van der Waals surface area contributed by atoms with Gasteiger partial charge in [-0.25, -0.2) is 4.79 Å². The average Bonchev–Trinajstić information content (AvgIpc) is 2.88. The van der Waals surface area contributed by atoms with E-state index in [1.165, 1.54) is 6.20 Å². The number of aromatic nitrogens is 3. The molecule has 2 aromatic rings. The summed E-state index contributed by atoms with van der Waals surface area (Å²) in [4.78, 5) is 10.8. The maximum atomic E-state index is 10.8. The molecule has 3 rings (SSSR count). The Labute approximate surface area is 109 Å². The molecule has 2 heterocycles. The minimum atomic E-state index is -1.06. The van der Waals surface area contributed by atoms with E-state index in [-0.39, 0.29) is 11.6 Å². The summed E-state index contributed by atoms with van der Waals surface area (Å²) in [7, 11) is 0. The lowest BCUT2D eigenvalue weighted by Crippen LogP contribution is -2.18. The van der Waals surface area contributed by atoms with Crippen LogP contribution >= 0.6 is 0 Å². The quantitative estimate of drug-likeness (QED) is 0.904. The van der Waals surface area contributed by atoms with Crippen molar-refractivity contribution in [1.82, 2.24) is 15.0 Å². The van der Waals surface area contributed by atoms with Gasteiger partial charge in [0.25, 0.3) is 0 Å². The molecule has 1 unspecified atom stereocenters. The molecular formula is C13H13N3O3. The molecule has 1 aliphatic heterocycles. The molecule has 19 heavy (non-hydrogen) atoms. The lowest BCUT2D eigenvalue weighted by atomic mass is 9.93. The summed E-state index contributed by atoms with van der Waals surface area (Å²) in [5.41, 5.74) is 1.11. The van der Waals surface area contributed by atoms with Crippen molar-refractivity contribution in [3.8, 4) is 5.75 Å². The molecule has 6 heteroatoms. The van der Waals surface area contributed by atoms with Crippen LogP contribution in [0.5, 0.6) is 5.75 Å². The highest BCUT2D eigenvalue weighted by molar-refractivity contribution is 5.84.